The van der Waals surface area contributed by atoms with E-state index in [1.54, 1.807) is 0 Å². The third-order valence-corrected chi connectivity index (χ3v) is 1.34. The number of esters is 1. The Morgan fingerprint density at radius 1 is 1.13 bits per heavy atom. The molecule has 0 fully saturated rings. The van der Waals surface area contributed by atoms with Crippen LogP contribution in [0.15, 0.2) is 12.1 Å². The smallest absolute Gasteiger partial charge is 0.379 e. The van der Waals surface area contributed by atoms with E-state index in [9.17, 15) is 26.7 Å². The lowest BCUT2D eigenvalue weighted by molar-refractivity contribution is -0.146. The predicted octanol–water partition coefficient (Wildman–Crippen LogP) is 2.27. The van der Waals surface area contributed by atoms with Gasteiger partial charge in [-0.15, -0.1) is 0 Å². The number of rotatable bonds is 2. The number of hydrogen-bond acceptors (Lipinski definition) is 2. The Morgan fingerprint density at radius 3 is 2.00 bits per heavy atom. The molecule has 0 N–H and O–H groups in total. The van der Waals surface area contributed by atoms with Gasteiger partial charge in [-0.3, -0.25) is 0 Å². The maximum Gasteiger partial charge on any atom is 0.379 e. The van der Waals surface area contributed by atoms with E-state index in [0.717, 1.165) is 0 Å². The molecule has 0 amide bonds. The van der Waals surface area contributed by atoms with Crippen molar-refractivity contribution in [1.82, 2.24) is 0 Å². The Kier molecular flexibility index (Phi) is 3.23. The molecule has 0 saturated carbocycles. The molecule has 0 unspecified atom stereocenters. The zero-order valence-electron chi connectivity index (χ0n) is 6.94. The highest BCUT2D eigenvalue weighted by atomic mass is 19.3. The monoisotopic (exact) mass is 226 g/mol. The molecule has 1 aromatic carbocycles. The van der Waals surface area contributed by atoms with Crippen molar-refractivity contribution in [3.63, 3.8) is 0 Å². The number of alkyl halides is 2. The molecule has 0 aromatic heterocycles. The first-order valence-corrected chi connectivity index (χ1v) is 3.56. The van der Waals surface area contributed by atoms with Gasteiger partial charge < -0.3 is 4.74 Å². The fourth-order valence-corrected chi connectivity index (χ4v) is 0.772. The van der Waals surface area contributed by atoms with E-state index >= 15 is 0 Å². The van der Waals surface area contributed by atoms with Crippen LogP contribution >= 0.6 is 0 Å². The van der Waals surface area contributed by atoms with Crippen molar-refractivity contribution >= 4 is 5.97 Å². The SMILES string of the molecule is O=C(Oc1c(F)cc(F)cc1F)C(F)F. The molecule has 0 spiro atoms. The van der Waals surface area contributed by atoms with Crippen LogP contribution in [0.1, 0.15) is 0 Å². The molecule has 7 heteroatoms. The fraction of sp³-hybridized carbons (Fsp3) is 0.125. The highest BCUT2D eigenvalue weighted by Crippen LogP contribution is 2.23. The second-order valence-electron chi connectivity index (χ2n) is 2.42. The van der Waals surface area contributed by atoms with Gasteiger partial charge in [-0.1, -0.05) is 0 Å². The average Bonchev–Trinajstić information content (AvgIpc) is 2.10. The molecular weight excluding hydrogens is 223 g/mol. The summed E-state index contributed by atoms with van der Waals surface area (Å²) in [5.74, 6) is -7.84. The molecule has 82 valence electrons. The molecule has 2 nitrogen and oxygen atoms in total. The summed E-state index contributed by atoms with van der Waals surface area (Å²) in [6.45, 7) is 0. The number of hydrogen-bond donors (Lipinski definition) is 0. The molecule has 1 aromatic rings. The minimum Gasteiger partial charge on any atom is -0.416 e. The van der Waals surface area contributed by atoms with Crippen LogP contribution in [0.2, 0.25) is 0 Å². The van der Waals surface area contributed by atoms with E-state index in [0.29, 0.717) is 0 Å². The Morgan fingerprint density at radius 2 is 1.60 bits per heavy atom. The summed E-state index contributed by atoms with van der Waals surface area (Å²) in [7, 11) is 0. The lowest BCUT2D eigenvalue weighted by Gasteiger charge is -2.05. The number of halogens is 5. The van der Waals surface area contributed by atoms with Crippen LogP contribution in [0.5, 0.6) is 5.75 Å². The third kappa shape index (κ3) is 2.64. The minimum absolute atomic E-state index is 0.206. The van der Waals surface area contributed by atoms with Crippen molar-refractivity contribution in [2.24, 2.45) is 0 Å². The van der Waals surface area contributed by atoms with Crippen LogP contribution in [-0.4, -0.2) is 12.4 Å². The van der Waals surface area contributed by atoms with E-state index < -0.39 is 35.6 Å². The molecule has 0 aliphatic heterocycles. The normalized spacial score (nSPS) is 10.5. The third-order valence-electron chi connectivity index (χ3n) is 1.34. The fourth-order valence-electron chi connectivity index (χ4n) is 0.772. The van der Waals surface area contributed by atoms with Gasteiger partial charge in [0.05, 0.1) is 0 Å². The van der Waals surface area contributed by atoms with Crippen molar-refractivity contribution in [2.75, 3.05) is 0 Å². The highest BCUT2D eigenvalue weighted by molar-refractivity contribution is 5.75. The van der Waals surface area contributed by atoms with Gasteiger partial charge in [0.25, 0.3) is 0 Å². The number of ether oxygens (including phenoxy) is 1. The summed E-state index contributed by atoms with van der Waals surface area (Å²) in [5.41, 5.74) is 0. The molecule has 0 radical (unpaired) electrons. The summed E-state index contributed by atoms with van der Waals surface area (Å²) in [5, 5.41) is 0. The zero-order valence-corrected chi connectivity index (χ0v) is 6.94. The molecule has 0 bridgehead atoms. The van der Waals surface area contributed by atoms with Gasteiger partial charge in [0.2, 0.25) is 5.75 Å². The first-order chi connectivity index (χ1) is 6.91. The van der Waals surface area contributed by atoms with Crippen molar-refractivity contribution in [1.29, 1.82) is 0 Å². The van der Waals surface area contributed by atoms with E-state index in [2.05, 4.69) is 4.74 Å². The van der Waals surface area contributed by atoms with Crippen LogP contribution in [0.3, 0.4) is 0 Å². The highest BCUT2D eigenvalue weighted by Gasteiger charge is 2.22. The molecule has 1 rings (SSSR count). The van der Waals surface area contributed by atoms with Crippen molar-refractivity contribution < 1.29 is 31.5 Å². The van der Waals surface area contributed by atoms with Crippen LogP contribution in [0.4, 0.5) is 22.0 Å². The van der Waals surface area contributed by atoms with E-state index in [-0.39, 0.29) is 12.1 Å². The summed E-state index contributed by atoms with van der Waals surface area (Å²) >= 11 is 0. The van der Waals surface area contributed by atoms with Gasteiger partial charge in [-0.25, -0.2) is 18.0 Å². The lowest BCUT2D eigenvalue weighted by atomic mass is 10.3. The van der Waals surface area contributed by atoms with E-state index in [1.165, 1.54) is 0 Å². The maximum atomic E-state index is 12.7. The lowest BCUT2D eigenvalue weighted by Crippen LogP contribution is -2.18. The Bertz CT molecular complexity index is 368. The summed E-state index contributed by atoms with van der Waals surface area (Å²) in [4.78, 5) is 10.3. The number of carbonyl (C=O) groups is 1. The number of benzene rings is 1. The van der Waals surface area contributed by atoms with E-state index in [4.69, 9.17) is 0 Å². The molecule has 0 saturated heterocycles. The largest absolute Gasteiger partial charge is 0.416 e. The predicted molar refractivity (Wildman–Crippen MR) is 38.0 cm³/mol. The van der Waals surface area contributed by atoms with Crippen LogP contribution in [0, 0.1) is 17.5 Å². The summed E-state index contributed by atoms with van der Waals surface area (Å²) < 4.78 is 64.8. The second-order valence-corrected chi connectivity index (χ2v) is 2.42. The Labute approximate surface area is 80.3 Å². The van der Waals surface area contributed by atoms with Crippen LogP contribution in [0.25, 0.3) is 0 Å². The molecule has 15 heavy (non-hydrogen) atoms. The molecule has 0 heterocycles. The van der Waals surface area contributed by atoms with Crippen molar-refractivity contribution in [3.05, 3.63) is 29.6 Å². The van der Waals surface area contributed by atoms with Crippen molar-refractivity contribution in [2.45, 2.75) is 6.43 Å². The van der Waals surface area contributed by atoms with Crippen molar-refractivity contribution in [3.8, 4) is 5.75 Å². The molecule has 0 aliphatic rings. The quantitative estimate of drug-likeness (QED) is 0.439. The molecule has 0 aliphatic carbocycles. The van der Waals surface area contributed by atoms with Gasteiger partial charge >= 0.3 is 12.4 Å². The van der Waals surface area contributed by atoms with Gasteiger partial charge in [0.1, 0.15) is 5.82 Å². The molecule has 0 atom stereocenters. The molecular formula is C8H3F5O2. The topological polar surface area (TPSA) is 26.3 Å². The van der Waals surface area contributed by atoms with Gasteiger partial charge in [-0.05, 0) is 0 Å². The standard InChI is InChI=1S/C8H3F5O2/c9-3-1-4(10)6(5(11)2-3)15-8(14)7(12)13/h1-2,7H. The minimum atomic E-state index is -3.52. The van der Waals surface area contributed by atoms with Gasteiger partial charge in [0.15, 0.2) is 11.6 Å². The van der Waals surface area contributed by atoms with Gasteiger partial charge in [0, 0.05) is 12.1 Å². The van der Waals surface area contributed by atoms with Crippen LogP contribution < -0.4 is 4.74 Å². The average molecular weight is 226 g/mol. The maximum absolute atomic E-state index is 12.7. The zero-order chi connectivity index (χ0) is 11.6. The second kappa shape index (κ2) is 4.24. The Balaban J connectivity index is 3.00. The Hall–Kier alpha value is -1.66. The number of carbonyl (C=O) groups excluding carboxylic acids is 1. The first-order valence-electron chi connectivity index (χ1n) is 3.56. The summed E-state index contributed by atoms with van der Waals surface area (Å²) in [6, 6.07) is 0.411. The first kappa shape index (κ1) is 11.4. The van der Waals surface area contributed by atoms with Crippen LogP contribution in [-0.2, 0) is 4.79 Å². The summed E-state index contributed by atoms with van der Waals surface area (Å²) in [6.07, 6.45) is -3.52. The van der Waals surface area contributed by atoms with E-state index in [1.807, 2.05) is 0 Å². The van der Waals surface area contributed by atoms with Gasteiger partial charge in [-0.2, -0.15) is 8.78 Å².